The summed E-state index contributed by atoms with van der Waals surface area (Å²) in [5, 5.41) is 0. The average molecular weight is 311 g/mol. The molecular weight excluding hydrogens is 290 g/mol. The van der Waals surface area contributed by atoms with E-state index in [9.17, 15) is 4.79 Å². The maximum absolute atomic E-state index is 12.1. The first kappa shape index (κ1) is 14.4. The fourth-order valence-corrected chi connectivity index (χ4v) is 3.96. The summed E-state index contributed by atoms with van der Waals surface area (Å²) >= 11 is 0. The fraction of sp³-hybridized carbons (Fsp3) is 0.471. The highest BCUT2D eigenvalue weighted by molar-refractivity contribution is 5.42. The maximum atomic E-state index is 12.1. The van der Waals surface area contributed by atoms with Gasteiger partial charge < -0.3 is 15.2 Å². The standard InChI is InChI=1S/C17H21N5O/c1-11-19-14(7-18)6-16(20-11)21-8-12-5-13(10-21)15-3-2-4-17(23)22(15)9-12/h2-4,6,12-13H,5,7-10,18H2,1H3/t12-,13-/m0/s1. The summed E-state index contributed by atoms with van der Waals surface area (Å²) in [7, 11) is 0. The van der Waals surface area contributed by atoms with E-state index in [4.69, 9.17) is 5.73 Å². The van der Waals surface area contributed by atoms with Crippen LogP contribution in [0.3, 0.4) is 0 Å². The lowest BCUT2D eigenvalue weighted by Gasteiger charge is -2.43. The molecule has 1 saturated heterocycles. The summed E-state index contributed by atoms with van der Waals surface area (Å²) < 4.78 is 1.95. The van der Waals surface area contributed by atoms with Crippen molar-refractivity contribution in [3.05, 3.63) is 51.8 Å². The van der Waals surface area contributed by atoms with E-state index in [1.807, 2.05) is 23.6 Å². The molecule has 0 aromatic carbocycles. The second-order valence-electron chi connectivity index (χ2n) is 6.57. The van der Waals surface area contributed by atoms with Crippen molar-refractivity contribution < 1.29 is 0 Å². The van der Waals surface area contributed by atoms with Crippen molar-refractivity contribution >= 4 is 5.82 Å². The Morgan fingerprint density at radius 1 is 1.26 bits per heavy atom. The Hall–Kier alpha value is -2.21. The van der Waals surface area contributed by atoms with Gasteiger partial charge >= 0.3 is 0 Å². The topological polar surface area (TPSA) is 77.0 Å². The third kappa shape index (κ3) is 2.53. The third-order valence-electron chi connectivity index (χ3n) is 4.89. The fourth-order valence-electron chi connectivity index (χ4n) is 3.96. The monoisotopic (exact) mass is 311 g/mol. The van der Waals surface area contributed by atoms with Gasteiger partial charge in [-0.1, -0.05) is 6.07 Å². The predicted octanol–water partition coefficient (Wildman–Crippen LogP) is 1.03. The van der Waals surface area contributed by atoms with Gasteiger partial charge in [-0.3, -0.25) is 4.79 Å². The van der Waals surface area contributed by atoms with Gasteiger partial charge in [-0.25, -0.2) is 9.97 Å². The summed E-state index contributed by atoms with van der Waals surface area (Å²) in [6.45, 7) is 4.95. The Kier molecular flexibility index (Phi) is 3.41. The summed E-state index contributed by atoms with van der Waals surface area (Å²) in [6.07, 6.45) is 1.15. The number of aromatic nitrogens is 3. The normalized spacial score (nSPS) is 22.8. The Bertz CT molecular complexity index is 800. The highest BCUT2D eigenvalue weighted by atomic mass is 16.1. The number of hydrogen-bond acceptors (Lipinski definition) is 5. The van der Waals surface area contributed by atoms with E-state index in [0.717, 1.165) is 49.1 Å². The summed E-state index contributed by atoms with van der Waals surface area (Å²) in [6, 6.07) is 7.60. The van der Waals surface area contributed by atoms with Crippen LogP contribution in [0, 0.1) is 12.8 Å². The predicted molar refractivity (Wildman–Crippen MR) is 88.4 cm³/mol. The van der Waals surface area contributed by atoms with Crippen LogP contribution in [0.1, 0.15) is 29.6 Å². The van der Waals surface area contributed by atoms with Gasteiger partial charge in [-0.15, -0.1) is 0 Å². The van der Waals surface area contributed by atoms with E-state index in [0.29, 0.717) is 18.4 Å². The molecule has 0 saturated carbocycles. The van der Waals surface area contributed by atoms with Crippen LogP contribution in [0.15, 0.2) is 29.1 Å². The molecule has 0 spiro atoms. The highest BCUT2D eigenvalue weighted by Crippen LogP contribution is 2.36. The van der Waals surface area contributed by atoms with Gasteiger partial charge in [0.1, 0.15) is 11.6 Å². The first-order valence-electron chi connectivity index (χ1n) is 8.13. The molecule has 6 nitrogen and oxygen atoms in total. The van der Waals surface area contributed by atoms with Gasteiger partial charge in [0.25, 0.3) is 5.56 Å². The molecule has 1 fully saturated rings. The molecule has 2 atom stereocenters. The van der Waals surface area contributed by atoms with Crippen LogP contribution in [-0.2, 0) is 13.1 Å². The lowest BCUT2D eigenvalue weighted by atomic mass is 9.83. The minimum absolute atomic E-state index is 0.119. The van der Waals surface area contributed by atoms with Crippen LogP contribution in [0.25, 0.3) is 0 Å². The zero-order valence-corrected chi connectivity index (χ0v) is 13.3. The summed E-state index contributed by atoms with van der Waals surface area (Å²) in [5.41, 5.74) is 7.89. The smallest absolute Gasteiger partial charge is 0.250 e. The molecule has 0 unspecified atom stereocenters. The Balaban J connectivity index is 1.69. The first-order valence-corrected chi connectivity index (χ1v) is 8.13. The minimum atomic E-state index is 0.119. The Morgan fingerprint density at radius 3 is 2.96 bits per heavy atom. The largest absolute Gasteiger partial charge is 0.355 e. The van der Waals surface area contributed by atoms with Crippen molar-refractivity contribution in [2.75, 3.05) is 18.0 Å². The second kappa shape index (κ2) is 5.45. The van der Waals surface area contributed by atoms with Gasteiger partial charge in [0.15, 0.2) is 0 Å². The zero-order valence-electron chi connectivity index (χ0n) is 13.3. The number of fused-ring (bicyclic) bond motifs is 4. The quantitative estimate of drug-likeness (QED) is 0.896. The van der Waals surface area contributed by atoms with Gasteiger partial charge in [-0.05, 0) is 25.3 Å². The van der Waals surface area contributed by atoms with E-state index in [1.54, 1.807) is 6.07 Å². The molecule has 2 bridgehead atoms. The number of hydrogen-bond donors (Lipinski definition) is 1. The summed E-state index contributed by atoms with van der Waals surface area (Å²) in [4.78, 5) is 23.4. The van der Waals surface area contributed by atoms with E-state index in [-0.39, 0.29) is 5.56 Å². The van der Waals surface area contributed by atoms with Crippen molar-refractivity contribution in [2.24, 2.45) is 11.7 Å². The van der Waals surface area contributed by atoms with E-state index in [1.165, 1.54) is 0 Å². The molecule has 2 aliphatic heterocycles. The molecule has 0 aliphatic carbocycles. The Morgan fingerprint density at radius 2 is 2.13 bits per heavy atom. The molecule has 0 amide bonds. The van der Waals surface area contributed by atoms with E-state index >= 15 is 0 Å². The lowest BCUT2D eigenvalue weighted by Crippen LogP contribution is -2.47. The number of piperidine rings is 1. The molecule has 2 N–H and O–H groups in total. The van der Waals surface area contributed by atoms with Crippen LogP contribution in [0.5, 0.6) is 0 Å². The number of nitrogens with two attached hydrogens (primary N) is 1. The molecule has 0 radical (unpaired) electrons. The molecule has 6 heteroatoms. The lowest BCUT2D eigenvalue weighted by molar-refractivity contribution is 0.280. The third-order valence-corrected chi connectivity index (χ3v) is 4.89. The minimum Gasteiger partial charge on any atom is -0.355 e. The van der Waals surface area contributed by atoms with E-state index in [2.05, 4.69) is 20.9 Å². The van der Waals surface area contributed by atoms with Crippen molar-refractivity contribution in [2.45, 2.75) is 32.4 Å². The maximum Gasteiger partial charge on any atom is 0.250 e. The zero-order chi connectivity index (χ0) is 16.0. The molecule has 4 heterocycles. The molecule has 23 heavy (non-hydrogen) atoms. The van der Waals surface area contributed by atoms with Crippen LogP contribution in [0.4, 0.5) is 5.82 Å². The van der Waals surface area contributed by atoms with Crippen LogP contribution >= 0.6 is 0 Å². The average Bonchev–Trinajstić information content (AvgIpc) is 2.55. The molecule has 2 aromatic rings. The number of aryl methyl sites for hydroxylation is 1. The van der Waals surface area contributed by atoms with Crippen molar-refractivity contribution in [1.82, 2.24) is 14.5 Å². The molecule has 4 rings (SSSR count). The van der Waals surface area contributed by atoms with Gasteiger partial charge in [-0.2, -0.15) is 0 Å². The number of anilines is 1. The van der Waals surface area contributed by atoms with Crippen LogP contribution in [0.2, 0.25) is 0 Å². The van der Waals surface area contributed by atoms with E-state index < -0.39 is 0 Å². The molecule has 2 aromatic heterocycles. The first-order chi connectivity index (χ1) is 11.1. The van der Waals surface area contributed by atoms with Crippen LogP contribution in [-0.4, -0.2) is 27.6 Å². The van der Waals surface area contributed by atoms with Gasteiger partial charge in [0.05, 0.1) is 5.69 Å². The van der Waals surface area contributed by atoms with Gasteiger partial charge in [0.2, 0.25) is 0 Å². The van der Waals surface area contributed by atoms with Crippen molar-refractivity contribution in [1.29, 1.82) is 0 Å². The molecular formula is C17H21N5O. The number of pyridine rings is 1. The number of nitrogens with zero attached hydrogens (tertiary/aromatic N) is 4. The summed E-state index contributed by atoms with van der Waals surface area (Å²) in [5.74, 6) is 2.58. The highest BCUT2D eigenvalue weighted by Gasteiger charge is 2.35. The van der Waals surface area contributed by atoms with Crippen molar-refractivity contribution in [3.63, 3.8) is 0 Å². The van der Waals surface area contributed by atoms with Gasteiger partial charge in [0, 0.05) is 49.9 Å². The Labute approximate surface area is 135 Å². The SMILES string of the molecule is Cc1nc(CN)cc(N2C[C@@H]3C[C@@H](C2)c2cccc(=O)n2C3)n1. The van der Waals surface area contributed by atoms with Crippen molar-refractivity contribution in [3.8, 4) is 0 Å². The molecule has 120 valence electrons. The molecule has 2 aliphatic rings. The van der Waals surface area contributed by atoms with Crippen LogP contribution < -0.4 is 16.2 Å². The second-order valence-corrected chi connectivity index (χ2v) is 6.57. The number of rotatable bonds is 2.